The van der Waals surface area contributed by atoms with Gasteiger partial charge < -0.3 is 14.7 Å². The summed E-state index contributed by atoms with van der Waals surface area (Å²) >= 11 is 0. The van der Waals surface area contributed by atoms with Crippen molar-refractivity contribution in [2.45, 2.75) is 0 Å². The van der Waals surface area contributed by atoms with Crippen LogP contribution in [0.25, 0.3) is 0 Å². The lowest BCUT2D eigenvalue weighted by atomic mass is 10.2. The van der Waals surface area contributed by atoms with Crippen LogP contribution in [-0.4, -0.2) is 27.6 Å². The Morgan fingerprint density at radius 1 is 1.40 bits per heavy atom. The third-order valence-electron chi connectivity index (χ3n) is 0.799. The maximum absolute atomic E-state index is 8.29. The predicted octanol–water partition coefficient (Wildman–Crippen LogP) is -1.18. The van der Waals surface area contributed by atoms with Crippen molar-refractivity contribution in [1.29, 1.82) is 0 Å². The van der Waals surface area contributed by atoms with Gasteiger partial charge in [-0.3, -0.25) is 0 Å². The van der Waals surface area contributed by atoms with Gasteiger partial charge in [-0.2, -0.15) is 10.2 Å². The van der Waals surface area contributed by atoms with Crippen LogP contribution in [0.3, 0.4) is 0 Å². The smallest absolute Gasteiger partial charge is 0.511 e. The Hall–Kier alpha value is -1.14. The van der Waals surface area contributed by atoms with Gasteiger partial charge in [-0.25, -0.2) is 0 Å². The first-order chi connectivity index (χ1) is 4.79. The van der Waals surface area contributed by atoms with Gasteiger partial charge in [-0.1, -0.05) is 0 Å². The normalized spacial score (nSPS) is 9.00. The Labute approximate surface area is 57.5 Å². The first-order valence-corrected chi connectivity index (χ1v) is 2.58. The summed E-state index contributed by atoms with van der Waals surface area (Å²) in [6.45, 7) is 0. The highest BCUT2D eigenvalue weighted by Gasteiger charge is 2.10. The summed E-state index contributed by atoms with van der Waals surface area (Å²) in [4.78, 5) is 0. The SMILES string of the molecule is OB(O)Oc1ccnnc1. The maximum Gasteiger partial charge on any atom is 0.707 e. The molecule has 1 aromatic rings. The zero-order valence-electron chi connectivity index (χ0n) is 5.01. The van der Waals surface area contributed by atoms with Crippen molar-refractivity contribution in [2.24, 2.45) is 0 Å². The highest BCUT2D eigenvalue weighted by molar-refractivity contribution is 6.33. The van der Waals surface area contributed by atoms with Crippen LogP contribution in [0, 0.1) is 0 Å². The first-order valence-electron chi connectivity index (χ1n) is 2.58. The summed E-state index contributed by atoms with van der Waals surface area (Å²) in [6.07, 6.45) is 2.66. The van der Waals surface area contributed by atoms with Gasteiger partial charge in [0.25, 0.3) is 0 Å². The second-order valence-corrected chi connectivity index (χ2v) is 1.52. The molecule has 10 heavy (non-hydrogen) atoms. The van der Waals surface area contributed by atoms with Gasteiger partial charge in [0, 0.05) is 6.07 Å². The average molecular weight is 140 g/mol. The van der Waals surface area contributed by atoms with E-state index < -0.39 is 7.32 Å². The number of aromatic nitrogens is 2. The van der Waals surface area contributed by atoms with Crippen LogP contribution >= 0.6 is 0 Å². The summed E-state index contributed by atoms with van der Waals surface area (Å²) < 4.78 is 4.42. The molecule has 0 aliphatic heterocycles. The molecule has 0 saturated carbocycles. The number of rotatable bonds is 2. The molecule has 0 fully saturated rings. The molecule has 0 amide bonds. The van der Waals surface area contributed by atoms with E-state index in [4.69, 9.17) is 10.0 Å². The molecule has 0 aliphatic rings. The number of nitrogens with zero attached hydrogens (tertiary/aromatic N) is 2. The second-order valence-electron chi connectivity index (χ2n) is 1.52. The highest BCUT2D eigenvalue weighted by atomic mass is 16.6. The van der Waals surface area contributed by atoms with Crippen LogP contribution in [0.4, 0.5) is 0 Å². The minimum absolute atomic E-state index is 0.269. The summed E-state index contributed by atoms with van der Waals surface area (Å²) in [5, 5.41) is 23.5. The minimum Gasteiger partial charge on any atom is -0.511 e. The Bertz CT molecular complexity index is 193. The molecule has 52 valence electrons. The molecule has 0 atom stereocenters. The fourth-order valence-corrected chi connectivity index (χ4v) is 0.470. The van der Waals surface area contributed by atoms with Gasteiger partial charge in [-0.15, -0.1) is 0 Å². The van der Waals surface area contributed by atoms with Crippen LogP contribution in [0.5, 0.6) is 5.75 Å². The monoisotopic (exact) mass is 140 g/mol. The molecule has 0 aliphatic carbocycles. The van der Waals surface area contributed by atoms with Gasteiger partial charge >= 0.3 is 7.32 Å². The van der Waals surface area contributed by atoms with Gasteiger partial charge in [-0.05, 0) is 0 Å². The van der Waals surface area contributed by atoms with E-state index >= 15 is 0 Å². The van der Waals surface area contributed by atoms with Crippen LogP contribution < -0.4 is 4.65 Å². The van der Waals surface area contributed by atoms with Crippen molar-refractivity contribution in [1.82, 2.24) is 10.2 Å². The van der Waals surface area contributed by atoms with E-state index in [1.165, 1.54) is 18.5 Å². The number of hydrogen-bond donors (Lipinski definition) is 2. The van der Waals surface area contributed by atoms with Gasteiger partial charge in [0.2, 0.25) is 0 Å². The van der Waals surface area contributed by atoms with Crippen molar-refractivity contribution in [3.05, 3.63) is 18.5 Å². The van der Waals surface area contributed by atoms with Gasteiger partial charge in [0.05, 0.1) is 12.4 Å². The molecule has 1 heterocycles. The fourth-order valence-electron chi connectivity index (χ4n) is 0.470. The zero-order valence-corrected chi connectivity index (χ0v) is 5.01. The van der Waals surface area contributed by atoms with Crippen LogP contribution in [0.15, 0.2) is 18.5 Å². The lowest BCUT2D eigenvalue weighted by molar-refractivity contribution is 0.287. The molecule has 0 aromatic carbocycles. The van der Waals surface area contributed by atoms with Crippen molar-refractivity contribution in [3.8, 4) is 5.75 Å². The average Bonchev–Trinajstić information content (AvgIpc) is 1.88. The molecule has 2 N–H and O–H groups in total. The Morgan fingerprint density at radius 2 is 2.20 bits per heavy atom. The molecule has 0 bridgehead atoms. The lowest BCUT2D eigenvalue weighted by Gasteiger charge is -2.00. The van der Waals surface area contributed by atoms with E-state index in [0.29, 0.717) is 0 Å². The summed E-state index contributed by atoms with van der Waals surface area (Å²) in [7, 11) is -1.80. The molecule has 1 aromatic heterocycles. The van der Waals surface area contributed by atoms with Crippen molar-refractivity contribution >= 4 is 7.32 Å². The molecular weight excluding hydrogens is 135 g/mol. The molecule has 0 saturated heterocycles. The molecular formula is C4H5BN2O3. The maximum atomic E-state index is 8.29. The Morgan fingerprint density at radius 3 is 2.70 bits per heavy atom. The van der Waals surface area contributed by atoms with E-state index in [-0.39, 0.29) is 5.75 Å². The summed E-state index contributed by atoms with van der Waals surface area (Å²) in [6, 6.07) is 1.46. The van der Waals surface area contributed by atoms with Gasteiger partial charge in [0.15, 0.2) is 0 Å². The first kappa shape index (κ1) is 6.98. The van der Waals surface area contributed by atoms with Crippen LogP contribution in [0.1, 0.15) is 0 Å². The van der Waals surface area contributed by atoms with Crippen LogP contribution in [-0.2, 0) is 0 Å². The molecule has 0 unspecified atom stereocenters. The van der Waals surface area contributed by atoms with Crippen molar-refractivity contribution in [3.63, 3.8) is 0 Å². The van der Waals surface area contributed by atoms with E-state index in [0.717, 1.165) is 0 Å². The Balaban J connectivity index is 2.59. The summed E-state index contributed by atoms with van der Waals surface area (Å²) in [5.74, 6) is 0.269. The second kappa shape index (κ2) is 3.14. The minimum atomic E-state index is -1.80. The lowest BCUT2D eigenvalue weighted by Crippen LogP contribution is -2.20. The fraction of sp³-hybridized carbons (Fsp3) is 0. The quantitative estimate of drug-likeness (QED) is 0.506. The van der Waals surface area contributed by atoms with E-state index in [1.54, 1.807) is 0 Å². The third kappa shape index (κ3) is 2.00. The molecule has 6 heteroatoms. The zero-order chi connectivity index (χ0) is 7.40. The topological polar surface area (TPSA) is 75.5 Å². The van der Waals surface area contributed by atoms with E-state index in [2.05, 4.69) is 14.9 Å². The highest BCUT2D eigenvalue weighted by Crippen LogP contribution is 2.03. The largest absolute Gasteiger partial charge is 0.707 e. The molecule has 1 rings (SSSR count). The molecule has 0 radical (unpaired) electrons. The molecule has 0 spiro atoms. The Kier molecular flexibility index (Phi) is 2.19. The van der Waals surface area contributed by atoms with Crippen molar-refractivity contribution < 1.29 is 14.7 Å². The van der Waals surface area contributed by atoms with E-state index in [9.17, 15) is 0 Å². The number of hydrogen-bond acceptors (Lipinski definition) is 5. The van der Waals surface area contributed by atoms with Crippen LogP contribution in [0.2, 0.25) is 0 Å². The van der Waals surface area contributed by atoms with Gasteiger partial charge in [0.1, 0.15) is 5.75 Å². The van der Waals surface area contributed by atoms with Crippen molar-refractivity contribution in [2.75, 3.05) is 0 Å². The standard InChI is InChI=1S/C4H5BN2O3/c8-5(9)10-4-1-2-6-7-3-4/h1-3,8-9H. The third-order valence-corrected chi connectivity index (χ3v) is 0.799. The summed E-state index contributed by atoms with van der Waals surface area (Å²) in [5.41, 5.74) is 0. The predicted molar refractivity (Wildman–Crippen MR) is 32.9 cm³/mol. The molecule has 5 nitrogen and oxygen atoms in total. The van der Waals surface area contributed by atoms with E-state index in [1.807, 2.05) is 0 Å².